The quantitative estimate of drug-likeness (QED) is 0.548. The smallest absolute Gasteiger partial charge is 0.170 e. The standard InChI is InChI=1S/C27H31ClN4OS/c28-21-2-1-3-22(11-21)32-6-4-31(5-7-32)16-24(33)23(15-29)26-30-25(17-34-26)27-12-18-8-19(13-27)10-20(9-18)14-27/h1-3,11,17-20,23H,4-10,12-14,16H2/t18?,19?,20?,23-,27?/m1/s1. The predicted molar refractivity (Wildman–Crippen MR) is 135 cm³/mol. The van der Waals surface area contributed by atoms with Crippen LogP contribution in [0.5, 0.6) is 0 Å². The molecule has 0 N–H and O–H groups in total. The van der Waals surface area contributed by atoms with Gasteiger partial charge in [-0.25, -0.2) is 4.98 Å². The van der Waals surface area contributed by atoms with Crippen molar-refractivity contribution in [3.8, 4) is 6.07 Å². The molecule has 5 aliphatic rings. The third-order valence-corrected chi connectivity index (χ3v) is 9.87. The molecule has 5 nitrogen and oxygen atoms in total. The number of hydrogen-bond donors (Lipinski definition) is 0. The van der Waals surface area contributed by atoms with E-state index in [0.717, 1.165) is 54.6 Å². The van der Waals surface area contributed by atoms with Crippen molar-refractivity contribution in [3.05, 3.63) is 45.4 Å². The fourth-order valence-electron chi connectivity index (χ4n) is 7.50. The minimum Gasteiger partial charge on any atom is -0.369 e. The van der Waals surface area contributed by atoms with Crippen LogP contribution in [0.15, 0.2) is 29.6 Å². The number of carbonyl (C=O) groups is 1. The Balaban J connectivity index is 1.10. The summed E-state index contributed by atoms with van der Waals surface area (Å²) in [6.45, 7) is 3.60. The first-order valence-electron chi connectivity index (χ1n) is 12.6. The minimum absolute atomic E-state index is 0.0230. The molecule has 7 heteroatoms. The van der Waals surface area contributed by atoms with Crippen LogP contribution in [0.3, 0.4) is 0 Å². The number of rotatable bonds is 6. The topological polar surface area (TPSA) is 60.2 Å². The fourth-order valence-corrected chi connectivity index (χ4v) is 8.69. The molecule has 1 saturated heterocycles. The highest BCUT2D eigenvalue weighted by Gasteiger charge is 2.52. The second-order valence-corrected chi connectivity index (χ2v) is 12.4. The van der Waals surface area contributed by atoms with Crippen LogP contribution < -0.4 is 4.90 Å². The molecule has 7 rings (SSSR count). The van der Waals surface area contributed by atoms with E-state index in [0.29, 0.717) is 11.6 Å². The van der Waals surface area contributed by atoms with Crippen molar-refractivity contribution >= 4 is 34.4 Å². The molecular formula is C27H31ClN4OS. The Labute approximate surface area is 210 Å². The van der Waals surface area contributed by atoms with Gasteiger partial charge in [0, 0.05) is 47.7 Å². The second-order valence-electron chi connectivity index (χ2n) is 11.0. The summed E-state index contributed by atoms with van der Waals surface area (Å²) in [6.07, 6.45) is 7.97. The lowest BCUT2D eigenvalue weighted by atomic mass is 9.49. The molecule has 2 heterocycles. The number of benzene rings is 1. The summed E-state index contributed by atoms with van der Waals surface area (Å²) >= 11 is 7.67. The predicted octanol–water partition coefficient (Wildman–Crippen LogP) is 5.26. The van der Waals surface area contributed by atoms with Crippen molar-refractivity contribution in [3.63, 3.8) is 0 Å². The van der Waals surface area contributed by atoms with Gasteiger partial charge in [-0.05, 0) is 74.5 Å². The van der Waals surface area contributed by atoms with Crippen LogP contribution in [0, 0.1) is 29.1 Å². The first-order chi connectivity index (χ1) is 16.5. The monoisotopic (exact) mass is 494 g/mol. The zero-order valence-corrected chi connectivity index (χ0v) is 21.0. The fraction of sp³-hybridized carbons (Fsp3) is 0.593. The average Bonchev–Trinajstić information content (AvgIpc) is 3.30. The molecule has 1 aromatic carbocycles. The Morgan fingerprint density at radius 1 is 1.15 bits per heavy atom. The van der Waals surface area contributed by atoms with E-state index in [1.165, 1.54) is 55.6 Å². The number of aromatic nitrogens is 1. The highest BCUT2D eigenvalue weighted by Crippen LogP contribution is 2.60. The maximum Gasteiger partial charge on any atom is 0.170 e. The first kappa shape index (κ1) is 22.5. The van der Waals surface area contributed by atoms with E-state index in [1.807, 2.05) is 18.2 Å². The molecule has 0 spiro atoms. The molecule has 178 valence electrons. The summed E-state index contributed by atoms with van der Waals surface area (Å²) in [6, 6.07) is 10.2. The normalized spacial score (nSPS) is 31.4. The van der Waals surface area contributed by atoms with Crippen molar-refractivity contribution in [1.82, 2.24) is 9.88 Å². The van der Waals surface area contributed by atoms with Gasteiger partial charge in [0.1, 0.15) is 5.01 Å². The number of nitrogens with zero attached hydrogens (tertiary/aromatic N) is 4. The van der Waals surface area contributed by atoms with Crippen molar-refractivity contribution in [2.24, 2.45) is 17.8 Å². The Morgan fingerprint density at radius 2 is 1.82 bits per heavy atom. The summed E-state index contributed by atoms with van der Waals surface area (Å²) in [5.74, 6) is 1.80. The number of piperazine rings is 1. The van der Waals surface area contributed by atoms with Crippen LogP contribution in [0.25, 0.3) is 0 Å². The second kappa shape index (κ2) is 8.93. The lowest BCUT2D eigenvalue weighted by molar-refractivity contribution is -0.120. The maximum absolute atomic E-state index is 13.2. The van der Waals surface area contributed by atoms with Crippen LogP contribution in [-0.2, 0) is 10.2 Å². The van der Waals surface area contributed by atoms with E-state index in [2.05, 4.69) is 27.3 Å². The molecule has 1 atom stereocenters. The van der Waals surface area contributed by atoms with Gasteiger partial charge in [0.25, 0.3) is 0 Å². The van der Waals surface area contributed by atoms with Gasteiger partial charge in [-0.15, -0.1) is 11.3 Å². The Bertz CT molecular complexity index is 1080. The molecule has 4 aliphatic carbocycles. The van der Waals surface area contributed by atoms with E-state index in [4.69, 9.17) is 16.6 Å². The molecule has 0 radical (unpaired) electrons. The SMILES string of the molecule is N#C[C@H](C(=O)CN1CCN(c2cccc(Cl)c2)CC1)c1nc(C23CC4CC(CC(C4)C2)C3)cs1. The molecule has 0 unspecified atom stereocenters. The third kappa shape index (κ3) is 4.17. The zero-order chi connectivity index (χ0) is 23.3. The molecule has 4 bridgehead atoms. The van der Waals surface area contributed by atoms with Crippen molar-refractivity contribution in [1.29, 1.82) is 5.26 Å². The number of ketones is 1. The van der Waals surface area contributed by atoms with Gasteiger partial charge in [-0.1, -0.05) is 17.7 Å². The van der Waals surface area contributed by atoms with E-state index in [-0.39, 0.29) is 11.2 Å². The van der Waals surface area contributed by atoms with E-state index >= 15 is 0 Å². The Morgan fingerprint density at radius 3 is 2.44 bits per heavy atom. The highest BCUT2D eigenvalue weighted by atomic mass is 35.5. The first-order valence-corrected chi connectivity index (χ1v) is 13.9. The van der Waals surface area contributed by atoms with Crippen LogP contribution in [0.1, 0.15) is 55.1 Å². The van der Waals surface area contributed by atoms with Crippen molar-refractivity contribution < 1.29 is 4.79 Å². The molecule has 0 amide bonds. The number of nitriles is 1. The lowest BCUT2D eigenvalue weighted by Crippen LogP contribution is -2.48. The molecule has 1 aliphatic heterocycles. The van der Waals surface area contributed by atoms with Crippen LogP contribution in [0.4, 0.5) is 5.69 Å². The number of hydrogen-bond acceptors (Lipinski definition) is 6. The van der Waals surface area contributed by atoms with Gasteiger partial charge < -0.3 is 4.90 Å². The van der Waals surface area contributed by atoms with Gasteiger partial charge in [0.05, 0.1) is 18.3 Å². The third-order valence-electron chi connectivity index (χ3n) is 8.73. The summed E-state index contributed by atoms with van der Waals surface area (Å²) in [7, 11) is 0. The van der Waals surface area contributed by atoms with Crippen LogP contribution in [0.2, 0.25) is 5.02 Å². The molecule has 2 aromatic rings. The summed E-state index contributed by atoms with van der Waals surface area (Å²) in [5, 5.41) is 13.5. The van der Waals surface area contributed by atoms with Crippen molar-refractivity contribution in [2.75, 3.05) is 37.6 Å². The lowest BCUT2D eigenvalue weighted by Gasteiger charge is -2.56. The Kier molecular flexibility index (Phi) is 5.91. The van der Waals surface area contributed by atoms with Crippen molar-refractivity contribution in [2.45, 2.75) is 49.9 Å². The number of thiazole rings is 1. The summed E-state index contributed by atoms with van der Waals surface area (Å²) < 4.78 is 0. The zero-order valence-electron chi connectivity index (χ0n) is 19.5. The van der Waals surface area contributed by atoms with Gasteiger partial charge in [-0.2, -0.15) is 5.26 Å². The number of halogens is 1. The molecule has 34 heavy (non-hydrogen) atoms. The maximum atomic E-state index is 13.2. The summed E-state index contributed by atoms with van der Waals surface area (Å²) in [4.78, 5) is 22.6. The van der Waals surface area contributed by atoms with Crippen LogP contribution in [-0.4, -0.2) is 48.4 Å². The van der Waals surface area contributed by atoms with E-state index in [9.17, 15) is 10.1 Å². The van der Waals surface area contributed by atoms with Gasteiger partial charge >= 0.3 is 0 Å². The summed E-state index contributed by atoms with van der Waals surface area (Å²) in [5.41, 5.74) is 2.51. The van der Waals surface area contributed by atoms with E-state index < -0.39 is 5.92 Å². The number of anilines is 1. The number of Topliss-reactive ketones (excluding diaryl/α,β-unsaturated/α-hetero) is 1. The largest absolute Gasteiger partial charge is 0.369 e. The van der Waals surface area contributed by atoms with Gasteiger partial charge in [-0.3, -0.25) is 9.69 Å². The highest BCUT2D eigenvalue weighted by molar-refractivity contribution is 7.10. The number of carbonyl (C=O) groups excluding carboxylic acids is 1. The average molecular weight is 495 g/mol. The molecule has 4 saturated carbocycles. The van der Waals surface area contributed by atoms with E-state index in [1.54, 1.807) is 0 Å². The molecule has 1 aromatic heterocycles. The van der Waals surface area contributed by atoms with Gasteiger partial charge in [0.2, 0.25) is 0 Å². The van der Waals surface area contributed by atoms with Gasteiger partial charge in [0.15, 0.2) is 11.7 Å². The Hall–Kier alpha value is -1.94. The van der Waals surface area contributed by atoms with Crippen LogP contribution >= 0.6 is 22.9 Å². The molecular weight excluding hydrogens is 464 g/mol. The minimum atomic E-state index is -0.751. The molecule has 5 fully saturated rings.